The highest BCUT2D eigenvalue weighted by Gasteiger charge is 2.13. The van der Waals surface area contributed by atoms with E-state index in [2.05, 4.69) is 11.8 Å². The summed E-state index contributed by atoms with van der Waals surface area (Å²) in [5.74, 6) is 2.66. The van der Waals surface area contributed by atoms with Crippen molar-refractivity contribution < 1.29 is 19.1 Å². The number of aldehydes is 1. The second-order valence-electron chi connectivity index (χ2n) is 2.64. The Balaban J connectivity index is 3.19. The van der Waals surface area contributed by atoms with Gasteiger partial charge >= 0.3 is 5.97 Å². The Bertz CT molecular complexity index is 455. The van der Waals surface area contributed by atoms with E-state index in [9.17, 15) is 14.0 Å². The Labute approximate surface area is 85.5 Å². The van der Waals surface area contributed by atoms with Crippen LogP contribution in [0.3, 0.4) is 0 Å². The molecule has 0 fully saturated rings. The molecule has 0 aliphatic heterocycles. The molecule has 4 heteroatoms. The van der Waals surface area contributed by atoms with Crippen molar-refractivity contribution in [1.29, 1.82) is 0 Å². The molecule has 0 atom stereocenters. The van der Waals surface area contributed by atoms with E-state index in [0.717, 1.165) is 6.07 Å². The second-order valence-corrected chi connectivity index (χ2v) is 2.64. The van der Waals surface area contributed by atoms with Crippen LogP contribution in [0.2, 0.25) is 0 Å². The van der Waals surface area contributed by atoms with E-state index in [0.29, 0.717) is 6.29 Å². The zero-order valence-electron chi connectivity index (χ0n) is 7.66. The predicted molar refractivity (Wildman–Crippen MR) is 50.9 cm³/mol. The van der Waals surface area contributed by atoms with Crippen molar-refractivity contribution in [2.45, 2.75) is 6.42 Å². The van der Waals surface area contributed by atoms with Crippen molar-refractivity contribution in [2.24, 2.45) is 0 Å². The molecule has 0 aliphatic rings. The third-order valence-electron chi connectivity index (χ3n) is 1.64. The van der Waals surface area contributed by atoms with Crippen LogP contribution in [0, 0.1) is 17.7 Å². The quantitative estimate of drug-likeness (QED) is 0.588. The molecule has 0 radical (unpaired) electrons. The van der Waals surface area contributed by atoms with Crippen LogP contribution in [0.4, 0.5) is 4.39 Å². The third-order valence-corrected chi connectivity index (χ3v) is 1.64. The molecule has 1 aromatic rings. The molecule has 0 bridgehead atoms. The number of halogens is 1. The standard InChI is InChI=1S/C11H7FO3/c12-9-6-3-5-8(4-1-2-7-13)10(9)11(14)15/h3,5-7H,2H2,(H,14,15). The zero-order valence-corrected chi connectivity index (χ0v) is 7.66. The van der Waals surface area contributed by atoms with Crippen LogP contribution in [0.1, 0.15) is 22.3 Å². The van der Waals surface area contributed by atoms with E-state index < -0.39 is 17.3 Å². The summed E-state index contributed by atoms with van der Waals surface area (Å²) in [7, 11) is 0. The Kier molecular flexibility index (Phi) is 3.58. The third kappa shape index (κ3) is 2.64. The largest absolute Gasteiger partial charge is 0.478 e. The summed E-state index contributed by atoms with van der Waals surface area (Å²) in [6.45, 7) is 0. The van der Waals surface area contributed by atoms with Crippen molar-refractivity contribution in [3.05, 3.63) is 35.1 Å². The highest BCUT2D eigenvalue weighted by molar-refractivity contribution is 5.91. The van der Waals surface area contributed by atoms with Gasteiger partial charge in [0.15, 0.2) is 0 Å². The number of carbonyl (C=O) groups excluding carboxylic acids is 1. The van der Waals surface area contributed by atoms with Gasteiger partial charge in [-0.25, -0.2) is 9.18 Å². The number of carboxylic acids is 1. The lowest BCUT2D eigenvalue weighted by atomic mass is 10.1. The van der Waals surface area contributed by atoms with E-state index in [1.54, 1.807) is 0 Å². The van der Waals surface area contributed by atoms with Gasteiger partial charge in [-0.1, -0.05) is 17.9 Å². The molecular formula is C11H7FO3. The average molecular weight is 206 g/mol. The summed E-state index contributed by atoms with van der Waals surface area (Å²) < 4.78 is 13.1. The molecule has 0 spiro atoms. The van der Waals surface area contributed by atoms with Crippen molar-refractivity contribution in [1.82, 2.24) is 0 Å². The number of carboxylic acid groups (broad SMARTS) is 1. The van der Waals surface area contributed by atoms with E-state index in [1.165, 1.54) is 12.1 Å². The fourth-order valence-electron chi connectivity index (χ4n) is 1.03. The minimum atomic E-state index is -1.37. The summed E-state index contributed by atoms with van der Waals surface area (Å²) in [5, 5.41) is 8.73. The fraction of sp³-hybridized carbons (Fsp3) is 0.0909. The Morgan fingerprint density at radius 1 is 1.53 bits per heavy atom. The number of rotatable bonds is 2. The average Bonchev–Trinajstić information content (AvgIpc) is 2.17. The fourth-order valence-corrected chi connectivity index (χ4v) is 1.03. The van der Waals surface area contributed by atoms with E-state index >= 15 is 0 Å². The minimum absolute atomic E-state index is 0.00439. The molecule has 0 saturated heterocycles. The van der Waals surface area contributed by atoms with E-state index in [-0.39, 0.29) is 12.0 Å². The highest BCUT2D eigenvalue weighted by Crippen LogP contribution is 2.12. The number of aromatic carboxylic acids is 1. The van der Waals surface area contributed by atoms with E-state index in [4.69, 9.17) is 5.11 Å². The maximum atomic E-state index is 13.1. The van der Waals surface area contributed by atoms with Gasteiger partial charge in [-0.05, 0) is 12.1 Å². The second kappa shape index (κ2) is 4.91. The van der Waals surface area contributed by atoms with Crippen LogP contribution in [-0.4, -0.2) is 17.4 Å². The van der Waals surface area contributed by atoms with Gasteiger partial charge in [-0.2, -0.15) is 0 Å². The monoisotopic (exact) mass is 206 g/mol. The van der Waals surface area contributed by atoms with Gasteiger partial charge in [0.05, 0.1) is 6.42 Å². The van der Waals surface area contributed by atoms with Crippen molar-refractivity contribution in [2.75, 3.05) is 0 Å². The molecule has 0 aromatic heterocycles. The van der Waals surface area contributed by atoms with Gasteiger partial charge < -0.3 is 9.90 Å². The lowest BCUT2D eigenvalue weighted by molar-refractivity contribution is -0.107. The zero-order chi connectivity index (χ0) is 11.3. The summed E-state index contributed by atoms with van der Waals surface area (Å²) in [4.78, 5) is 20.7. The molecule has 15 heavy (non-hydrogen) atoms. The van der Waals surface area contributed by atoms with Crippen molar-refractivity contribution in [3.63, 3.8) is 0 Å². The summed E-state index contributed by atoms with van der Waals surface area (Å²) in [5.41, 5.74) is -0.389. The van der Waals surface area contributed by atoms with Crippen molar-refractivity contribution >= 4 is 12.3 Å². The van der Waals surface area contributed by atoms with Crippen LogP contribution < -0.4 is 0 Å². The lowest BCUT2D eigenvalue weighted by Crippen LogP contribution is -2.03. The normalized spacial score (nSPS) is 8.87. The number of benzene rings is 1. The molecule has 0 saturated carbocycles. The molecular weight excluding hydrogens is 199 g/mol. The van der Waals surface area contributed by atoms with Crippen LogP contribution >= 0.6 is 0 Å². The molecule has 76 valence electrons. The van der Waals surface area contributed by atoms with E-state index in [1.807, 2.05) is 0 Å². The first kappa shape index (κ1) is 10.9. The topological polar surface area (TPSA) is 54.4 Å². The molecule has 0 heterocycles. The molecule has 3 nitrogen and oxygen atoms in total. The first-order valence-electron chi connectivity index (χ1n) is 4.11. The van der Waals surface area contributed by atoms with Crippen LogP contribution in [0.15, 0.2) is 18.2 Å². The van der Waals surface area contributed by atoms with Gasteiger partial charge in [0.2, 0.25) is 0 Å². The molecule has 0 aliphatic carbocycles. The van der Waals surface area contributed by atoms with Gasteiger partial charge in [0, 0.05) is 5.56 Å². The number of hydrogen-bond donors (Lipinski definition) is 1. The van der Waals surface area contributed by atoms with Crippen molar-refractivity contribution in [3.8, 4) is 11.8 Å². The summed E-state index contributed by atoms with van der Waals surface area (Å²) in [6.07, 6.45) is 0.586. The smallest absolute Gasteiger partial charge is 0.339 e. The lowest BCUT2D eigenvalue weighted by Gasteiger charge is -1.99. The number of carbonyl (C=O) groups is 2. The first-order valence-corrected chi connectivity index (χ1v) is 4.11. The van der Waals surface area contributed by atoms with Crippen LogP contribution in [0.25, 0.3) is 0 Å². The van der Waals surface area contributed by atoms with Gasteiger partial charge in [-0.15, -0.1) is 0 Å². The van der Waals surface area contributed by atoms with Gasteiger partial charge in [-0.3, -0.25) is 0 Å². The highest BCUT2D eigenvalue weighted by atomic mass is 19.1. The Morgan fingerprint density at radius 3 is 2.87 bits per heavy atom. The van der Waals surface area contributed by atoms with Crippen LogP contribution in [0.5, 0.6) is 0 Å². The van der Waals surface area contributed by atoms with Crippen LogP contribution in [-0.2, 0) is 4.79 Å². The molecule has 0 unspecified atom stereocenters. The minimum Gasteiger partial charge on any atom is -0.478 e. The number of hydrogen-bond acceptors (Lipinski definition) is 2. The Morgan fingerprint density at radius 2 is 2.27 bits per heavy atom. The Hall–Kier alpha value is -2.15. The summed E-state index contributed by atoms with van der Waals surface area (Å²) >= 11 is 0. The summed E-state index contributed by atoms with van der Waals surface area (Å²) in [6, 6.07) is 3.81. The molecule has 0 amide bonds. The van der Waals surface area contributed by atoms with Gasteiger partial charge in [0.1, 0.15) is 17.7 Å². The first-order chi connectivity index (χ1) is 7.16. The molecule has 1 rings (SSSR count). The SMILES string of the molecule is O=CCC#Cc1cccc(F)c1C(=O)O. The predicted octanol–water partition coefficient (Wildman–Crippen LogP) is 1.46. The maximum absolute atomic E-state index is 13.1. The molecule has 1 aromatic carbocycles. The maximum Gasteiger partial charge on any atom is 0.339 e. The van der Waals surface area contributed by atoms with Gasteiger partial charge in [0.25, 0.3) is 0 Å². The molecule has 1 N–H and O–H groups in total.